The van der Waals surface area contributed by atoms with Gasteiger partial charge in [-0.25, -0.2) is 0 Å². The third-order valence-electron chi connectivity index (χ3n) is 5.59. The summed E-state index contributed by atoms with van der Waals surface area (Å²) in [5, 5.41) is 0. The minimum absolute atomic E-state index is 0.264. The van der Waals surface area contributed by atoms with Crippen molar-refractivity contribution < 1.29 is 0 Å². The molecule has 0 saturated heterocycles. The summed E-state index contributed by atoms with van der Waals surface area (Å²) in [5.74, 6) is 0. The highest BCUT2D eigenvalue weighted by molar-refractivity contribution is 5.76. The Morgan fingerprint density at radius 3 is 2.39 bits per heavy atom. The molecule has 0 atom stereocenters. The summed E-state index contributed by atoms with van der Waals surface area (Å²) in [6, 6.07) is 7.11. The van der Waals surface area contributed by atoms with Gasteiger partial charge in [0.25, 0.3) is 0 Å². The van der Waals surface area contributed by atoms with E-state index in [-0.39, 0.29) is 10.8 Å². The average Bonchev–Trinajstić information content (AvgIpc) is 2.77. The van der Waals surface area contributed by atoms with Gasteiger partial charge in [-0.3, -0.25) is 0 Å². The number of benzene rings is 1. The lowest BCUT2D eigenvalue weighted by Gasteiger charge is -2.42. The Hall–Kier alpha value is -1.82. The SMILES string of the molecule is C=CC1=CC=CC(c2ccc3c(c2)C(C)(C)CCC3(C)C)=CC1. The normalized spacial score (nSPS) is 21.7. The predicted octanol–water partition coefficient (Wildman–Crippen LogP) is 6.49. The van der Waals surface area contributed by atoms with Crippen LogP contribution in [0.2, 0.25) is 0 Å². The van der Waals surface area contributed by atoms with Gasteiger partial charge in [0.1, 0.15) is 0 Å². The summed E-state index contributed by atoms with van der Waals surface area (Å²) in [6.45, 7) is 13.4. The second kappa shape index (κ2) is 5.67. The zero-order chi connectivity index (χ0) is 16.7. The minimum Gasteiger partial charge on any atom is -0.0988 e. The van der Waals surface area contributed by atoms with Crippen LogP contribution in [0.3, 0.4) is 0 Å². The highest BCUT2D eigenvalue weighted by atomic mass is 14.4. The molecule has 3 rings (SSSR count). The molecule has 1 aromatic rings. The first-order valence-electron chi connectivity index (χ1n) is 8.69. The molecule has 0 N–H and O–H groups in total. The van der Waals surface area contributed by atoms with Gasteiger partial charge in [-0.15, -0.1) is 0 Å². The summed E-state index contributed by atoms with van der Waals surface area (Å²) in [7, 11) is 0. The van der Waals surface area contributed by atoms with Gasteiger partial charge in [-0.2, -0.15) is 0 Å². The number of hydrogen-bond acceptors (Lipinski definition) is 0. The van der Waals surface area contributed by atoms with E-state index in [1.165, 1.54) is 40.7 Å². The maximum atomic E-state index is 3.89. The average molecular weight is 304 g/mol. The largest absolute Gasteiger partial charge is 0.0988 e. The van der Waals surface area contributed by atoms with Crippen molar-refractivity contribution >= 4 is 5.57 Å². The molecular formula is C23H28. The molecule has 0 unspecified atom stereocenters. The van der Waals surface area contributed by atoms with Gasteiger partial charge >= 0.3 is 0 Å². The van der Waals surface area contributed by atoms with Crippen molar-refractivity contribution in [2.24, 2.45) is 0 Å². The zero-order valence-electron chi connectivity index (χ0n) is 14.9. The van der Waals surface area contributed by atoms with E-state index in [1.807, 2.05) is 6.08 Å². The molecule has 2 aliphatic carbocycles. The van der Waals surface area contributed by atoms with Crippen LogP contribution in [0.5, 0.6) is 0 Å². The van der Waals surface area contributed by atoms with Crippen molar-refractivity contribution in [3.63, 3.8) is 0 Å². The lowest BCUT2D eigenvalue weighted by Crippen LogP contribution is -2.33. The fourth-order valence-corrected chi connectivity index (χ4v) is 3.77. The Labute approximate surface area is 141 Å². The van der Waals surface area contributed by atoms with E-state index >= 15 is 0 Å². The van der Waals surface area contributed by atoms with Gasteiger partial charge < -0.3 is 0 Å². The van der Waals surface area contributed by atoms with Gasteiger partial charge in [0.05, 0.1) is 0 Å². The molecule has 0 aromatic heterocycles. The Balaban J connectivity index is 2.04. The van der Waals surface area contributed by atoms with Crippen LogP contribution in [-0.2, 0) is 10.8 Å². The first-order chi connectivity index (χ1) is 10.8. The van der Waals surface area contributed by atoms with Crippen molar-refractivity contribution in [2.45, 2.75) is 57.8 Å². The second-order valence-corrected chi connectivity index (χ2v) is 8.20. The van der Waals surface area contributed by atoms with Crippen molar-refractivity contribution in [1.82, 2.24) is 0 Å². The maximum Gasteiger partial charge on any atom is -0.00884 e. The lowest BCUT2D eigenvalue weighted by molar-refractivity contribution is 0.332. The third-order valence-corrected chi connectivity index (χ3v) is 5.59. The fourth-order valence-electron chi connectivity index (χ4n) is 3.77. The highest BCUT2D eigenvalue weighted by Gasteiger charge is 2.36. The number of fused-ring (bicyclic) bond motifs is 1. The van der Waals surface area contributed by atoms with Crippen molar-refractivity contribution in [3.8, 4) is 0 Å². The monoisotopic (exact) mass is 304 g/mol. The predicted molar refractivity (Wildman–Crippen MR) is 102 cm³/mol. The van der Waals surface area contributed by atoms with Gasteiger partial charge in [-0.05, 0) is 57.9 Å². The van der Waals surface area contributed by atoms with Crippen LogP contribution in [0.4, 0.5) is 0 Å². The van der Waals surface area contributed by atoms with Crippen LogP contribution in [0.25, 0.3) is 5.57 Å². The number of allylic oxidation sites excluding steroid dienone is 7. The topological polar surface area (TPSA) is 0 Å². The van der Waals surface area contributed by atoms with E-state index in [0.717, 1.165) is 6.42 Å². The van der Waals surface area contributed by atoms with Crippen LogP contribution >= 0.6 is 0 Å². The lowest BCUT2D eigenvalue weighted by atomic mass is 9.63. The van der Waals surface area contributed by atoms with Gasteiger partial charge in [0.2, 0.25) is 0 Å². The minimum atomic E-state index is 0.264. The molecule has 0 radical (unpaired) electrons. The molecule has 120 valence electrons. The Morgan fingerprint density at radius 1 is 1.00 bits per heavy atom. The van der Waals surface area contributed by atoms with E-state index in [1.54, 1.807) is 0 Å². The summed E-state index contributed by atoms with van der Waals surface area (Å²) in [4.78, 5) is 0. The van der Waals surface area contributed by atoms with Gasteiger partial charge in [0.15, 0.2) is 0 Å². The maximum absolute atomic E-state index is 3.89. The molecule has 0 bridgehead atoms. The summed E-state index contributed by atoms with van der Waals surface area (Å²) in [6.07, 6.45) is 14.3. The molecule has 0 aliphatic heterocycles. The van der Waals surface area contributed by atoms with Crippen LogP contribution in [0, 0.1) is 0 Å². The molecule has 0 spiro atoms. The molecule has 0 nitrogen and oxygen atoms in total. The van der Waals surface area contributed by atoms with Crippen molar-refractivity contribution in [2.75, 3.05) is 0 Å². The van der Waals surface area contributed by atoms with E-state index in [9.17, 15) is 0 Å². The van der Waals surface area contributed by atoms with Gasteiger partial charge in [-0.1, -0.05) is 82.9 Å². The smallest absolute Gasteiger partial charge is 0.00884 e. The van der Waals surface area contributed by atoms with Crippen LogP contribution < -0.4 is 0 Å². The highest BCUT2D eigenvalue weighted by Crippen LogP contribution is 2.46. The molecule has 1 aromatic carbocycles. The zero-order valence-corrected chi connectivity index (χ0v) is 14.9. The molecular weight excluding hydrogens is 276 g/mol. The molecule has 0 fully saturated rings. The van der Waals surface area contributed by atoms with E-state index in [4.69, 9.17) is 0 Å². The summed E-state index contributed by atoms with van der Waals surface area (Å²) < 4.78 is 0. The number of hydrogen-bond donors (Lipinski definition) is 0. The van der Waals surface area contributed by atoms with Crippen LogP contribution in [0.1, 0.15) is 63.6 Å². The molecule has 0 amide bonds. The van der Waals surface area contributed by atoms with E-state index in [2.05, 4.69) is 76.8 Å². The van der Waals surface area contributed by atoms with Crippen molar-refractivity contribution in [3.05, 3.63) is 77.4 Å². The quantitative estimate of drug-likeness (QED) is 0.585. The summed E-state index contributed by atoms with van der Waals surface area (Å²) in [5.41, 5.74) is 7.54. The second-order valence-electron chi connectivity index (χ2n) is 8.20. The molecule has 0 saturated carbocycles. The Bertz CT molecular complexity index is 720. The fraction of sp³-hybridized carbons (Fsp3) is 0.391. The van der Waals surface area contributed by atoms with Crippen LogP contribution in [0.15, 0.2) is 60.7 Å². The third kappa shape index (κ3) is 3.00. The summed E-state index contributed by atoms with van der Waals surface area (Å²) >= 11 is 0. The molecule has 2 aliphatic rings. The van der Waals surface area contributed by atoms with Crippen LogP contribution in [-0.4, -0.2) is 0 Å². The Kier molecular flexibility index (Phi) is 3.96. The standard InChI is InChI=1S/C23H28/c1-6-17-8-7-9-18(11-10-17)19-12-13-20-21(16-19)23(4,5)15-14-22(20,2)3/h6-9,11-13,16H,1,10,14-15H2,2-5H3. The van der Waals surface area contributed by atoms with E-state index in [0.29, 0.717) is 0 Å². The first kappa shape index (κ1) is 16.1. The Morgan fingerprint density at radius 2 is 1.70 bits per heavy atom. The van der Waals surface area contributed by atoms with Crippen molar-refractivity contribution in [1.29, 1.82) is 0 Å². The molecule has 23 heavy (non-hydrogen) atoms. The van der Waals surface area contributed by atoms with E-state index < -0.39 is 0 Å². The first-order valence-corrected chi connectivity index (χ1v) is 8.69. The molecule has 0 heteroatoms. The van der Waals surface area contributed by atoms with Gasteiger partial charge in [0, 0.05) is 0 Å². The number of rotatable bonds is 2. The molecule has 0 heterocycles.